The van der Waals surface area contributed by atoms with Crippen LogP contribution in [0.15, 0.2) is 12.1 Å². The molecule has 2 aliphatic heterocycles. The van der Waals surface area contributed by atoms with E-state index >= 15 is 0 Å². The summed E-state index contributed by atoms with van der Waals surface area (Å²) >= 11 is 1.52. The Kier molecular flexibility index (Phi) is 7.45. The Hall–Kier alpha value is -0.990. The number of rotatable bonds is 7. The largest absolute Gasteiger partial charge is 0.396 e. The van der Waals surface area contributed by atoms with Gasteiger partial charge < -0.3 is 19.5 Å². The molecule has 2 unspecified atom stereocenters. The molecule has 1 aromatic rings. The molecule has 2 atom stereocenters. The zero-order valence-corrected chi connectivity index (χ0v) is 16.4. The van der Waals surface area contributed by atoms with Crippen molar-refractivity contribution in [1.29, 1.82) is 0 Å². The number of hydrogen-bond donors (Lipinski definition) is 1. The number of aliphatic hydroxyl groups is 1. The molecular weight excluding hydrogens is 352 g/mol. The van der Waals surface area contributed by atoms with E-state index in [9.17, 15) is 9.90 Å². The molecule has 0 aliphatic carbocycles. The standard InChI is InChI=1S/C19H30N2O4S/c1-24-14-16-4-5-18(26-16)19(23)21-7-6-17(15(13-21)3-2-10-22)20-8-11-25-12-9-20/h4-5,15,17,22H,2-3,6-14H2,1H3. The average molecular weight is 383 g/mol. The van der Waals surface area contributed by atoms with Gasteiger partial charge >= 0.3 is 0 Å². The van der Waals surface area contributed by atoms with Crippen molar-refractivity contribution in [2.75, 3.05) is 53.1 Å². The Bertz CT molecular complexity index is 574. The molecule has 3 rings (SSSR count). The molecule has 0 aromatic carbocycles. The Morgan fingerprint density at radius 2 is 2.15 bits per heavy atom. The fraction of sp³-hybridized carbons (Fsp3) is 0.737. The summed E-state index contributed by atoms with van der Waals surface area (Å²) in [4.78, 5) is 19.3. The van der Waals surface area contributed by atoms with Gasteiger partial charge in [0.25, 0.3) is 5.91 Å². The highest BCUT2D eigenvalue weighted by atomic mass is 32.1. The van der Waals surface area contributed by atoms with Crippen molar-refractivity contribution in [2.45, 2.75) is 31.9 Å². The summed E-state index contributed by atoms with van der Waals surface area (Å²) in [7, 11) is 1.67. The summed E-state index contributed by atoms with van der Waals surface area (Å²) < 4.78 is 10.6. The molecule has 2 saturated heterocycles. The van der Waals surface area contributed by atoms with Gasteiger partial charge in [0.15, 0.2) is 0 Å². The maximum Gasteiger partial charge on any atom is 0.263 e. The Morgan fingerprint density at radius 1 is 1.35 bits per heavy atom. The number of piperidine rings is 1. The number of aliphatic hydroxyl groups excluding tert-OH is 1. The zero-order chi connectivity index (χ0) is 18.4. The van der Waals surface area contributed by atoms with Crippen molar-refractivity contribution in [3.8, 4) is 0 Å². The van der Waals surface area contributed by atoms with Gasteiger partial charge in [-0.15, -0.1) is 11.3 Å². The van der Waals surface area contributed by atoms with E-state index in [4.69, 9.17) is 9.47 Å². The van der Waals surface area contributed by atoms with Crippen LogP contribution in [0, 0.1) is 5.92 Å². The van der Waals surface area contributed by atoms with Crippen molar-refractivity contribution in [3.05, 3.63) is 21.9 Å². The summed E-state index contributed by atoms with van der Waals surface area (Å²) in [5.41, 5.74) is 0. The molecule has 2 fully saturated rings. The summed E-state index contributed by atoms with van der Waals surface area (Å²) in [6.07, 6.45) is 2.75. The third kappa shape index (κ3) is 4.84. The molecule has 0 spiro atoms. The van der Waals surface area contributed by atoms with E-state index < -0.39 is 0 Å². The summed E-state index contributed by atoms with van der Waals surface area (Å²) in [5.74, 6) is 0.545. The molecule has 1 N–H and O–H groups in total. The monoisotopic (exact) mass is 382 g/mol. The van der Waals surface area contributed by atoms with Crippen LogP contribution in [-0.2, 0) is 16.1 Å². The quantitative estimate of drug-likeness (QED) is 0.780. The number of morpholine rings is 1. The number of carbonyl (C=O) groups excluding carboxylic acids is 1. The van der Waals surface area contributed by atoms with E-state index in [2.05, 4.69) is 4.90 Å². The summed E-state index contributed by atoms with van der Waals surface area (Å²) in [6.45, 7) is 5.87. The molecule has 146 valence electrons. The molecule has 26 heavy (non-hydrogen) atoms. The lowest BCUT2D eigenvalue weighted by atomic mass is 9.86. The van der Waals surface area contributed by atoms with Crippen LogP contribution in [-0.4, -0.2) is 80.0 Å². The van der Waals surface area contributed by atoms with Gasteiger partial charge in [-0.3, -0.25) is 9.69 Å². The molecule has 0 radical (unpaired) electrons. The van der Waals surface area contributed by atoms with Gasteiger partial charge in [0.05, 0.1) is 24.7 Å². The van der Waals surface area contributed by atoms with Crippen LogP contribution in [0.5, 0.6) is 0 Å². The molecule has 2 aliphatic rings. The molecule has 7 heteroatoms. The van der Waals surface area contributed by atoms with Gasteiger partial charge in [0.1, 0.15) is 0 Å². The van der Waals surface area contributed by atoms with Gasteiger partial charge in [0, 0.05) is 50.8 Å². The number of likely N-dealkylation sites (tertiary alicyclic amines) is 1. The molecule has 0 bridgehead atoms. The minimum atomic E-state index is 0.131. The number of amides is 1. The van der Waals surface area contributed by atoms with Crippen LogP contribution in [0.25, 0.3) is 0 Å². The zero-order valence-electron chi connectivity index (χ0n) is 15.6. The third-order valence-corrected chi connectivity index (χ3v) is 6.43. The lowest BCUT2D eigenvalue weighted by molar-refractivity contribution is -0.0196. The van der Waals surface area contributed by atoms with Gasteiger partial charge in [0.2, 0.25) is 0 Å². The molecular formula is C19H30N2O4S. The lowest BCUT2D eigenvalue weighted by Gasteiger charge is -2.45. The normalized spacial score (nSPS) is 24.8. The minimum Gasteiger partial charge on any atom is -0.396 e. The topological polar surface area (TPSA) is 62.2 Å². The smallest absolute Gasteiger partial charge is 0.263 e. The summed E-state index contributed by atoms with van der Waals surface area (Å²) in [6, 6.07) is 4.38. The van der Waals surface area contributed by atoms with Crippen molar-refractivity contribution in [1.82, 2.24) is 9.80 Å². The van der Waals surface area contributed by atoms with Gasteiger partial charge in [-0.2, -0.15) is 0 Å². The van der Waals surface area contributed by atoms with E-state index in [1.807, 2.05) is 17.0 Å². The predicted octanol–water partition coefficient (Wildman–Crippen LogP) is 1.83. The average Bonchev–Trinajstić information content (AvgIpc) is 3.15. The van der Waals surface area contributed by atoms with Gasteiger partial charge in [-0.25, -0.2) is 0 Å². The van der Waals surface area contributed by atoms with Gasteiger partial charge in [-0.05, 0) is 37.3 Å². The Balaban J connectivity index is 1.65. The van der Waals surface area contributed by atoms with Gasteiger partial charge in [-0.1, -0.05) is 0 Å². The second-order valence-corrected chi connectivity index (χ2v) is 8.25. The fourth-order valence-electron chi connectivity index (χ4n) is 4.10. The van der Waals surface area contributed by atoms with Crippen LogP contribution in [0.4, 0.5) is 0 Å². The first-order chi connectivity index (χ1) is 12.7. The van der Waals surface area contributed by atoms with E-state index in [0.29, 0.717) is 18.6 Å². The first-order valence-corrected chi connectivity index (χ1v) is 10.3. The highest BCUT2D eigenvalue weighted by Crippen LogP contribution is 2.29. The number of nitrogens with zero attached hydrogens (tertiary/aromatic N) is 2. The van der Waals surface area contributed by atoms with Crippen LogP contribution in [0.2, 0.25) is 0 Å². The molecule has 1 aromatic heterocycles. The highest BCUT2D eigenvalue weighted by Gasteiger charge is 2.35. The van der Waals surface area contributed by atoms with Crippen LogP contribution >= 0.6 is 11.3 Å². The number of methoxy groups -OCH3 is 1. The van der Waals surface area contributed by atoms with E-state index in [-0.39, 0.29) is 12.5 Å². The first-order valence-electron chi connectivity index (χ1n) is 9.52. The van der Waals surface area contributed by atoms with Crippen LogP contribution < -0.4 is 0 Å². The number of thiophene rings is 1. The second-order valence-electron chi connectivity index (χ2n) is 7.08. The molecule has 0 saturated carbocycles. The summed E-state index contributed by atoms with van der Waals surface area (Å²) in [5, 5.41) is 9.28. The Labute approximate surface area is 159 Å². The third-order valence-electron chi connectivity index (χ3n) is 5.39. The SMILES string of the molecule is COCc1ccc(C(=O)N2CCC(N3CCOCC3)C(CCCO)C2)s1. The van der Waals surface area contributed by atoms with Crippen molar-refractivity contribution in [2.24, 2.45) is 5.92 Å². The molecule has 1 amide bonds. The number of ether oxygens (including phenoxy) is 2. The molecule has 6 nitrogen and oxygen atoms in total. The highest BCUT2D eigenvalue weighted by molar-refractivity contribution is 7.14. The van der Waals surface area contributed by atoms with Crippen LogP contribution in [0.3, 0.4) is 0 Å². The van der Waals surface area contributed by atoms with Crippen molar-refractivity contribution in [3.63, 3.8) is 0 Å². The van der Waals surface area contributed by atoms with E-state index in [0.717, 1.165) is 68.4 Å². The maximum atomic E-state index is 12.9. The number of carbonyl (C=O) groups is 1. The Morgan fingerprint density at radius 3 is 2.88 bits per heavy atom. The second kappa shape index (κ2) is 9.80. The first kappa shape index (κ1) is 19.8. The van der Waals surface area contributed by atoms with Crippen molar-refractivity contribution < 1.29 is 19.4 Å². The maximum absolute atomic E-state index is 12.9. The van der Waals surface area contributed by atoms with Crippen molar-refractivity contribution >= 4 is 17.2 Å². The minimum absolute atomic E-state index is 0.131. The lowest BCUT2D eigenvalue weighted by Crippen LogP contribution is -2.55. The predicted molar refractivity (Wildman–Crippen MR) is 102 cm³/mol. The fourth-order valence-corrected chi connectivity index (χ4v) is 5.05. The number of hydrogen-bond acceptors (Lipinski definition) is 6. The van der Waals surface area contributed by atoms with E-state index in [1.165, 1.54) is 11.3 Å². The van der Waals surface area contributed by atoms with E-state index in [1.54, 1.807) is 7.11 Å². The molecule has 3 heterocycles. The van der Waals surface area contributed by atoms with Crippen LogP contribution in [0.1, 0.15) is 33.8 Å².